The number of nitrogens with two attached hydrogens (primary N) is 4. The van der Waals surface area contributed by atoms with Crippen molar-refractivity contribution in [3.05, 3.63) is 0 Å². The van der Waals surface area contributed by atoms with Crippen molar-refractivity contribution in [3.8, 4) is 0 Å². The van der Waals surface area contributed by atoms with Crippen LogP contribution >= 0.6 is 0 Å². The van der Waals surface area contributed by atoms with Crippen LogP contribution < -0.4 is 22.9 Å². The molecular weight excluding hydrogens is 420 g/mol. The lowest BCUT2D eigenvalue weighted by Gasteiger charge is -2.46. The zero-order valence-corrected chi connectivity index (χ0v) is 16.8. The lowest BCUT2D eigenvalue weighted by atomic mass is 9.84. The van der Waals surface area contributed by atoms with Crippen molar-refractivity contribution >= 4 is 0 Å². The van der Waals surface area contributed by atoms with Crippen LogP contribution in [0.1, 0.15) is 6.42 Å². The molecule has 14 atom stereocenters. The van der Waals surface area contributed by atoms with Crippen LogP contribution in [0, 0.1) is 0 Å². The zero-order valence-electron chi connectivity index (χ0n) is 16.8. The molecule has 2 aliphatic heterocycles. The van der Waals surface area contributed by atoms with E-state index in [1.165, 1.54) is 0 Å². The summed E-state index contributed by atoms with van der Waals surface area (Å²) in [6.07, 6.45) is -13.6. The number of rotatable bonds is 6. The van der Waals surface area contributed by atoms with Gasteiger partial charge in [0.2, 0.25) is 0 Å². The third-order valence-corrected chi connectivity index (χ3v) is 6.12. The second kappa shape index (κ2) is 10.1. The summed E-state index contributed by atoms with van der Waals surface area (Å²) in [5.41, 5.74) is 23.6. The molecule has 31 heavy (non-hydrogen) atoms. The molecule has 14 N–H and O–H groups in total. The molecule has 1 aliphatic carbocycles. The summed E-state index contributed by atoms with van der Waals surface area (Å²) >= 11 is 0. The molecule has 0 spiro atoms. The van der Waals surface area contributed by atoms with Crippen molar-refractivity contribution in [1.29, 1.82) is 0 Å². The van der Waals surface area contributed by atoms with Crippen LogP contribution in [-0.2, 0) is 18.9 Å². The highest BCUT2D eigenvalue weighted by Gasteiger charge is 2.51. The van der Waals surface area contributed by atoms with E-state index in [4.69, 9.17) is 41.9 Å². The Balaban J connectivity index is 1.70. The van der Waals surface area contributed by atoms with Gasteiger partial charge < -0.3 is 72.5 Å². The highest BCUT2D eigenvalue weighted by molar-refractivity contribution is 5.01. The molecule has 2 saturated heterocycles. The SMILES string of the molecule is NCC1OC(OC2C(N)CC(N)C(OC3OC(CO)C(O)C(O)C3N)C2O)C(O)C1O. The Morgan fingerprint density at radius 2 is 1.23 bits per heavy atom. The van der Waals surface area contributed by atoms with Gasteiger partial charge >= 0.3 is 0 Å². The Kier molecular flexibility index (Phi) is 8.21. The maximum atomic E-state index is 10.9. The molecular formula is C17H34N4O10. The Morgan fingerprint density at radius 3 is 1.74 bits per heavy atom. The topological polar surface area (TPSA) is 262 Å². The van der Waals surface area contributed by atoms with Gasteiger partial charge in [0.05, 0.1) is 12.6 Å². The third-order valence-electron chi connectivity index (χ3n) is 6.12. The second-order valence-electron chi connectivity index (χ2n) is 8.30. The number of hydrogen-bond donors (Lipinski definition) is 10. The van der Waals surface area contributed by atoms with Gasteiger partial charge in [-0.05, 0) is 6.42 Å². The van der Waals surface area contributed by atoms with Crippen molar-refractivity contribution in [2.45, 2.75) is 92.1 Å². The smallest absolute Gasteiger partial charge is 0.187 e. The average Bonchev–Trinajstić information content (AvgIpc) is 3.01. The Labute approximate surface area is 178 Å². The number of aliphatic hydroxyl groups excluding tert-OH is 6. The van der Waals surface area contributed by atoms with E-state index in [-0.39, 0.29) is 13.0 Å². The average molecular weight is 454 g/mol. The third kappa shape index (κ3) is 4.87. The zero-order chi connectivity index (χ0) is 23.0. The van der Waals surface area contributed by atoms with Crippen LogP contribution in [0.5, 0.6) is 0 Å². The molecule has 3 fully saturated rings. The number of ether oxygens (including phenoxy) is 4. The monoisotopic (exact) mass is 454 g/mol. The highest BCUT2D eigenvalue weighted by Crippen LogP contribution is 2.31. The molecule has 0 aromatic heterocycles. The fourth-order valence-electron chi connectivity index (χ4n) is 4.20. The molecule has 3 rings (SSSR count). The van der Waals surface area contributed by atoms with Crippen LogP contribution in [0.4, 0.5) is 0 Å². The van der Waals surface area contributed by atoms with Gasteiger partial charge in [-0.15, -0.1) is 0 Å². The molecule has 0 amide bonds. The van der Waals surface area contributed by atoms with Gasteiger partial charge in [0.25, 0.3) is 0 Å². The van der Waals surface area contributed by atoms with E-state index in [1.807, 2.05) is 0 Å². The van der Waals surface area contributed by atoms with E-state index < -0.39 is 92.2 Å². The first-order chi connectivity index (χ1) is 14.6. The van der Waals surface area contributed by atoms with E-state index in [1.54, 1.807) is 0 Å². The fraction of sp³-hybridized carbons (Fsp3) is 1.00. The van der Waals surface area contributed by atoms with Crippen molar-refractivity contribution in [3.63, 3.8) is 0 Å². The first-order valence-corrected chi connectivity index (χ1v) is 10.2. The Hall–Kier alpha value is -0.560. The summed E-state index contributed by atoms with van der Waals surface area (Å²) in [6, 6.07) is -2.71. The van der Waals surface area contributed by atoms with Crippen LogP contribution in [0.15, 0.2) is 0 Å². The van der Waals surface area contributed by atoms with Crippen molar-refractivity contribution in [1.82, 2.24) is 0 Å². The van der Waals surface area contributed by atoms with Crippen molar-refractivity contribution in [2.75, 3.05) is 13.2 Å². The number of hydrogen-bond acceptors (Lipinski definition) is 14. The lowest BCUT2D eigenvalue weighted by Crippen LogP contribution is -2.67. The van der Waals surface area contributed by atoms with Gasteiger partial charge in [-0.25, -0.2) is 0 Å². The summed E-state index contributed by atoms with van der Waals surface area (Å²) in [4.78, 5) is 0. The minimum absolute atomic E-state index is 0.0505. The van der Waals surface area contributed by atoms with E-state index >= 15 is 0 Å². The molecule has 14 nitrogen and oxygen atoms in total. The van der Waals surface area contributed by atoms with Gasteiger partial charge in [-0.2, -0.15) is 0 Å². The van der Waals surface area contributed by atoms with Crippen LogP contribution in [0.25, 0.3) is 0 Å². The molecule has 0 aromatic rings. The summed E-state index contributed by atoms with van der Waals surface area (Å²) in [6.45, 7) is -0.646. The molecule has 0 bridgehead atoms. The van der Waals surface area contributed by atoms with Gasteiger partial charge in [0.15, 0.2) is 12.6 Å². The molecule has 2 heterocycles. The molecule has 0 radical (unpaired) electrons. The maximum absolute atomic E-state index is 10.9. The van der Waals surface area contributed by atoms with Crippen molar-refractivity contribution < 1.29 is 49.6 Å². The van der Waals surface area contributed by atoms with Gasteiger partial charge in [0.1, 0.15) is 54.9 Å². The van der Waals surface area contributed by atoms with Crippen LogP contribution in [0.3, 0.4) is 0 Å². The summed E-state index contributed by atoms with van der Waals surface area (Å²) in [5, 5.41) is 60.3. The fourth-order valence-corrected chi connectivity index (χ4v) is 4.20. The van der Waals surface area contributed by atoms with Gasteiger partial charge in [-0.3, -0.25) is 0 Å². The Bertz CT molecular complexity index is 591. The molecule has 14 unspecified atom stereocenters. The molecule has 14 heteroatoms. The van der Waals surface area contributed by atoms with Gasteiger partial charge in [-0.1, -0.05) is 0 Å². The molecule has 182 valence electrons. The van der Waals surface area contributed by atoms with Crippen LogP contribution in [0.2, 0.25) is 0 Å². The minimum Gasteiger partial charge on any atom is -0.394 e. The van der Waals surface area contributed by atoms with E-state index in [0.717, 1.165) is 0 Å². The summed E-state index contributed by atoms with van der Waals surface area (Å²) < 4.78 is 22.2. The molecule has 0 aromatic carbocycles. The van der Waals surface area contributed by atoms with Crippen LogP contribution in [-0.4, -0.2) is 129 Å². The minimum atomic E-state index is -1.45. The summed E-state index contributed by atoms with van der Waals surface area (Å²) in [7, 11) is 0. The van der Waals surface area contributed by atoms with E-state index in [9.17, 15) is 30.6 Å². The number of aliphatic hydroxyl groups is 6. The van der Waals surface area contributed by atoms with E-state index in [0.29, 0.717) is 0 Å². The largest absolute Gasteiger partial charge is 0.394 e. The van der Waals surface area contributed by atoms with Gasteiger partial charge in [0, 0.05) is 18.6 Å². The van der Waals surface area contributed by atoms with E-state index in [2.05, 4.69) is 0 Å². The predicted octanol–water partition coefficient (Wildman–Crippen LogP) is -6.65. The standard InChI is InChI=1S/C17H34N4O10/c18-2-6-9(23)12(26)17(28-6)31-15-5(20)1-4(19)14(13(15)27)30-16-8(21)11(25)10(24)7(3-22)29-16/h4-17,22-27H,1-3,18-21H2. The quantitative estimate of drug-likeness (QED) is 0.179. The first-order valence-electron chi connectivity index (χ1n) is 10.2. The van der Waals surface area contributed by atoms with Crippen molar-refractivity contribution in [2.24, 2.45) is 22.9 Å². The summed E-state index contributed by atoms with van der Waals surface area (Å²) in [5.74, 6) is 0. The lowest BCUT2D eigenvalue weighted by molar-refractivity contribution is -0.301. The molecule has 1 saturated carbocycles. The highest BCUT2D eigenvalue weighted by atomic mass is 16.7. The second-order valence-corrected chi connectivity index (χ2v) is 8.30. The maximum Gasteiger partial charge on any atom is 0.187 e. The first kappa shape index (κ1) is 25.1. The normalized spacial score (nSPS) is 53.6. The molecule has 3 aliphatic rings. The predicted molar refractivity (Wildman–Crippen MR) is 102 cm³/mol. The Morgan fingerprint density at radius 1 is 0.710 bits per heavy atom.